The molecular formula is C7H13N3O4. The molecule has 0 fully saturated rings. The van der Waals surface area contributed by atoms with Crippen molar-refractivity contribution in [1.82, 2.24) is 0 Å². The summed E-state index contributed by atoms with van der Waals surface area (Å²) in [6.07, 6.45) is 0. The van der Waals surface area contributed by atoms with Crippen LogP contribution in [-0.4, -0.2) is 39.1 Å². The van der Waals surface area contributed by atoms with Gasteiger partial charge < -0.3 is 14.2 Å². The number of esters is 1. The molecule has 0 rings (SSSR count). The van der Waals surface area contributed by atoms with Crippen molar-refractivity contribution in [2.45, 2.75) is 6.92 Å². The summed E-state index contributed by atoms with van der Waals surface area (Å²) >= 11 is 0. The zero-order valence-corrected chi connectivity index (χ0v) is 8.01. The molecule has 0 heterocycles. The van der Waals surface area contributed by atoms with Crippen molar-refractivity contribution in [1.29, 1.82) is 0 Å². The predicted molar refractivity (Wildman–Crippen MR) is 47.4 cm³/mol. The lowest BCUT2D eigenvalue weighted by molar-refractivity contribution is -0.149. The second-order valence-corrected chi connectivity index (χ2v) is 2.13. The van der Waals surface area contributed by atoms with Gasteiger partial charge in [0, 0.05) is 11.5 Å². The number of nitrogens with zero attached hydrogens (tertiary/aromatic N) is 3. The van der Waals surface area contributed by atoms with Gasteiger partial charge >= 0.3 is 5.97 Å². The van der Waals surface area contributed by atoms with Gasteiger partial charge in [0.2, 0.25) is 0 Å². The quantitative estimate of drug-likeness (QED) is 0.192. The van der Waals surface area contributed by atoms with E-state index in [4.69, 9.17) is 15.0 Å². The molecule has 0 saturated carbocycles. The van der Waals surface area contributed by atoms with Crippen molar-refractivity contribution >= 4 is 5.97 Å². The first kappa shape index (κ1) is 12.7. The molecule has 0 aromatic rings. The van der Waals surface area contributed by atoms with Gasteiger partial charge in [0.1, 0.15) is 6.61 Å². The third-order valence-corrected chi connectivity index (χ3v) is 1.14. The van der Waals surface area contributed by atoms with Crippen LogP contribution in [0.4, 0.5) is 0 Å². The van der Waals surface area contributed by atoms with Gasteiger partial charge in [-0.15, -0.1) is 0 Å². The van der Waals surface area contributed by atoms with E-state index < -0.39 is 5.97 Å². The molecule has 0 N–H and O–H groups in total. The largest absolute Gasteiger partial charge is 0.458 e. The summed E-state index contributed by atoms with van der Waals surface area (Å²) in [4.78, 5) is 13.2. The Morgan fingerprint density at radius 3 is 2.79 bits per heavy atom. The number of hydrogen-bond donors (Lipinski definition) is 0. The smallest absolute Gasteiger partial charge is 0.332 e. The van der Waals surface area contributed by atoms with Gasteiger partial charge in [-0.2, -0.15) is 0 Å². The molecule has 7 nitrogen and oxygen atoms in total. The van der Waals surface area contributed by atoms with E-state index in [1.807, 2.05) is 6.92 Å². The maximum atomic E-state index is 10.8. The molecule has 0 saturated heterocycles. The predicted octanol–water partition coefficient (Wildman–Crippen LogP) is 0.850. The Labute approximate surface area is 81.6 Å². The molecule has 0 aliphatic heterocycles. The number of ether oxygens (including phenoxy) is 3. The van der Waals surface area contributed by atoms with Gasteiger partial charge in [0.15, 0.2) is 6.73 Å². The minimum absolute atomic E-state index is 0.159. The zero-order valence-electron chi connectivity index (χ0n) is 8.01. The van der Waals surface area contributed by atoms with Crippen molar-refractivity contribution in [3.63, 3.8) is 0 Å². The summed E-state index contributed by atoms with van der Waals surface area (Å²) in [6.45, 7) is 2.81. The first-order valence-electron chi connectivity index (χ1n) is 4.13. The van der Waals surface area contributed by atoms with Gasteiger partial charge in [-0.25, -0.2) is 4.79 Å². The lowest BCUT2D eigenvalue weighted by Gasteiger charge is -2.03. The lowest BCUT2D eigenvalue weighted by atomic mass is 10.7. The molecule has 14 heavy (non-hydrogen) atoms. The van der Waals surface area contributed by atoms with Gasteiger partial charge in [-0.05, 0) is 12.5 Å². The molecule has 0 unspecified atom stereocenters. The Kier molecular flexibility index (Phi) is 8.88. The Morgan fingerprint density at radius 1 is 1.43 bits per heavy atom. The van der Waals surface area contributed by atoms with Gasteiger partial charge in [-0.3, -0.25) is 0 Å². The summed E-state index contributed by atoms with van der Waals surface area (Å²) in [7, 11) is 0. The van der Waals surface area contributed by atoms with Gasteiger partial charge in [0.05, 0.1) is 13.2 Å². The highest BCUT2D eigenvalue weighted by molar-refractivity contribution is 5.70. The van der Waals surface area contributed by atoms with Crippen LogP contribution in [0.2, 0.25) is 0 Å². The fourth-order valence-corrected chi connectivity index (χ4v) is 0.586. The van der Waals surface area contributed by atoms with E-state index in [1.54, 1.807) is 0 Å². The molecule has 0 bridgehead atoms. The first-order chi connectivity index (χ1) is 6.81. The van der Waals surface area contributed by atoms with Crippen LogP contribution in [0.1, 0.15) is 6.92 Å². The van der Waals surface area contributed by atoms with E-state index in [9.17, 15) is 4.79 Å². The normalized spacial score (nSPS) is 9.21. The van der Waals surface area contributed by atoms with E-state index in [0.29, 0.717) is 19.8 Å². The second-order valence-electron chi connectivity index (χ2n) is 2.13. The molecule has 0 amide bonds. The fraction of sp³-hybridized carbons (Fsp3) is 0.857. The highest BCUT2D eigenvalue weighted by Gasteiger charge is 2.00. The standard InChI is InChI=1S/C7H13N3O4/c1-2-12-3-4-13-5-7(11)14-6-9-10-8/h2-6H2,1H3. The van der Waals surface area contributed by atoms with Crippen LogP contribution in [0, 0.1) is 0 Å². The molecule has 0 atom stereocenters. The first-order valence-corrected chi connectivity index (χ1v) is 4.13. The van der Waals surface area contributed by atoms with E-state index in [1.165, 1.54) is 0 Å². The average molecular weight is 203 g/mol. The summed E-state index contributed by atoms with van der Waals surface area (Å²) in [6, 6.07) is 0. The van der Waals surface area contributed by atoms with Crippen LogP contribution < -0.4 is 0 Å². The Bertz CT molecular complexity index is 203. The maximum Gasteiger partial charge on any atom is 0.332 e. The summed E-state index contributed by atoms with van der Waals surface area (Å²) in [5.74, 6) is -0.561. The number of carbonyl (C=O) groups excluding carboxylic acids is 1. The van der Waals surface area contributed by atoms with Crippen LogP contribution >= 0.6 is 0 Å². The minimum Gasteiger partial charge on any atom is -0.458 e. The van der Waals surface area contributed by atoms with E-state index >= 15 is 0 Å². The van der Waals surface area contributed by atoms with E-state index in [2.05, 4.69) is 14.8 Å². The van der Waals surface area contributed by atoms with Crippen LogP contribution in [0.3, 0.4) is 0 Å². The monoisotopic (exact) mass is 203 g/mol. The highest BCUT2D eigenvalue weighted by atomic mass is 16.6. The SMILES string of the molecule is CCOCCOCC(=O)OCN=[N+]=[N-]. The molecule has 0 spiro atoms. The molecule has 0 aromatic carbocycles. The highest BCUT2D eigenvalue weighted by Crippen LogP contribution is 1.84. The van der Waals surface area contributed by atoms with Crippen molar-refractivity contribution < 1.29 is 19.0 Å². The van der Waals surface area contributed by atoms with Gasteiger partial charge in [-0.1, -0.05) is 5.11 Å². The van der Waals surface area contributed by atoms with Crippen molar-refractivity contribution in [2.24, 2.45) is 5.11 Å². The van der Waals surface area contributed by atoms with Crippen molar-refractivity contribution in [3.8, 4) is 0 Å². The molecule has 0 aliphatic rings. The molecule has 0 aliphatic carbocycles. The lowest BCUT2D eigenvalue weighted by Crippen LogP contribution is -2.15. The zero-order chi connectivity index (χ0) is 10.6. The molecular weight excluding hydrogens is 190 g/mol. The maximum absolute atomic E-state index is 10.8. The molecule has 0 aromatic heterocycles. The van der Waals surface area contributed by atoms with Crippen molar-refractivity contribution in [2.75, 3.05) is 33.2 Å². The number of hydrogen-bond acceptors (Lipinski definition) is 5. The summed E-state index contributed by atoms with van der Waals surface area (Å²) in [5, 5.41) is 3.03. The van der Waals surface area contributed by atoms with Crippen LogP contribution in [0.15, 0.2) is 5.11 Å². The van der Waals surface area contributed by atoms with E-state index in [-0.39, 0.29) is 13.3 Å². The third kappa shape index (κ3) is 8.79. The molecule has 7 heteroatoms. The van der Waals surface area contributed by atoms with Crippen molar-refractivity contribution in [3.05, 3.63) is 10.4 Å². The average Bonchev–Trinajstić information content (AvgIpc) is 2.18. The molecule has 0 radical (unpaired) electrons. The van der Waals surface area contributed by atoms with Crippen LogP contribution in [0.25, 0.3) is 10.4 Å². The number of rotatable bonds is 8. The summed E-state index contributed by atoms with van der Waals surface area (Å²) in [5.41, 5.74) is 7.87. The third-order valence-electron chi connectivity index (χ3n) is 1.14. The van der Waals surface area contributed by atoms with Gasteiger partial charge in [0.25, 0.3) is 0 Å². The molecule has 80 valence electrons. The number of carbonyl (C=O) groups is 1. The number of azide groups is 1. The summed E-state index contributed by atoms with van der Waals surface area (Å²) < 4.78 is 14.3. The van der Waals surface area contributed by atoms with Crippen LogP contribution in [-0.2, 0) is 19.0 Å². The Morgan fingerprint density at radius 2 is 2.14 bits per heavy atom. The fourth-order valence-electron chi connectivity index (χ4n) is 0.586. The van der Waals surface area contributed by atoms with E-state index in [0.717, 1.165) is 0 Å². The topological polar surface area (TPSA) is 93.5 Å². The Hall–Kier alpha value is -1.30. The Balaban J connectivity index is 3.22. The van der Waals surface area contributed by atoms with Crippen LogP contribution in [0.5, 0.6) is 0 Å². The minimum atomic E-state index is -0.561. The second kappa shape index (κ2) is 9.79.